The lowest BCUT2D eigenvalue weighted by Gasteiger charge is -2.16. The van der Waals surface area contributed by atoms with Gasteiger partial charge in [-0.1, -0.05) is 71.4 Å². The molecule has 1 unspecified atom stereocenters. The standard InChI is InChI=1S/C26H36F2N2O/c1-4-7-9-10-11-13-14-20-18-29-26(30-19-20)22-16-17-23(25(28)24(22)27)31-21(6-3)15-12-8-5-2/h6,16-19,21H,3-5,7-15H2,1-2H3. The molecule has 0 fully saturated rings. The summed E-state index contributed by atoms with van der Waals surface area (Å²) in [5, 5.41) is 0. The van der Waals surface area contributed by atoms with Gasteiger partial charge in [0.05, 0.1) is 5.56 Å². The van der Waals surface area contributed by atoms with E-state index in [1.807, 2.05) is 0 Å². The van der Waals surface area contributed by atoms with Crippen LogP contribution in [-0.2, 0) is 6.42 Å². The monoisotopic (exact) mass is 430 g/mol. The molecule has 0 aliphatic heterocycles. The van der Waals surface area contributed by atoms with Crippen LogP contribution >= 0.6 is 0 Å². The highest BCUT2D eigenvalue weighted by Crippen LogP contribution is 2.29. The molecule has 0 N–H and O–H groups in total. The molecule has 0 amide bonds. The Bertz CT molecular complexity index is 793. The predicted molar refractivity (Wildman–Crippen MR) is 123 cm³/mol. The molecule has 5 heteroatoms. The summed E-state index contributed by atoms with van der Waals surface area (Å²) in [6.45, 7) is 8.06. The van der Waals surface area contributed by atoms with E-state index in [4.69, 9.17) is 4.74 Å². The van der Waals surface area contributed by atoms with E-state index >= 15 is 0 Å². The molecule has 2 aromatic rings. The molecule has 1 aromatic carbocycles. The highest BCUT2D eigenvalue weighted by molar-refractivity contribution is 5.57. The largest absolute Gasteiger partial charge is 0.483 e. The van der Waals surface area contributed by atoms with Crippen LogP contribution in [0, 0.1) is 11.6 Å². The van der Waals surface area contributed by atoms with E-state index in [1.165, 1.54) is 44.2 Å². The number of unbranched alkanes of at least 4 members (excludes halogenated alkanes) is 7. The van der Waals surface area contributed by atoms with E-state index in [0.717, 1.165) is 44.1 Å². The van der Waals surface area contributed by atoms with Crippen molar-refractivity contribution in [2.75, 3.05) is 0 Å². The minimum atomic E-state index is -1.01. The molecule has 1 heterocycles. The quantitative estimate of drug-likeness (QED) is 0.213. The lowest BCUT2D eigenvalue weighted by molar-refractivity contribution is 0.221. The topological polar surface area (TPSA) is 35.0 Å². The predicted octanol–water partition coefficient (Wildman–Crippen LogP) is 7.84. The van der Waals surface area contributed by atoms with Crippen molar-refractivity contribution in [3.05, 3.63) is 54.4 Å². The average Bonchev–Trinajstić information content (AvgIpc) is 2.79. The van der Waals surface area contributed by atoms with E-state index in [2.05, 4.69) is 30.4 Å². The number of aryl methyl sites for hydroxylation is 1. The molecular formula is C26H36F2N2O. The number of rotatable bonds is 15. The summed E-state index contributed by atoms with van der Waals surface area (Å²) in [5.74, 6) is -1.93. The normalized spacial score (nSPS) is 12.0. The summed E-state index contributed by atoms with van der Waals surface area (Å²) in [7, 11) is 0. The van der Waals surface area contributed by atoms with Gasteiger partial charge in [-0.3, -0.25) is 0 Å². The van der Waals surface area contributed by atoms with Crippen LogP contribution in [0.3, 0.4) is 0 Å². The summed E-state index contributed by atoms with van der Waals surface area (Å²) >= 11 is 0. The average molecular weight is 431 g/mol. The zero-order chi connectivity index (χ0) is 22.5. The highest BCUT2D eigenvalue weighted by atomic mass is 19.2. The maximum absolute atomic E-state index is 14.7. The van der Waals surface area contributed by atoms with Gasteiger partial charge in [0.25, 0.3) is 0 Å². The summed E-state index contributed by atoms with van der Waals surface area (Å²) < 4.78 is 35.0. The molecular weight excluding hydrogens is 394 g/mol. The third kappa shape index (κ3) is 8.04. The SMILES string of the molecule is C=CC(CCCCC)Oc1ccc(-c2ncc(CCCCCCCC)cn2)c(F)c1F. The van der Waals surface area contributed by atoms with Crippen LogP contribution in [0.5, 0.6) is 5.75 Å². The van der Waals surface area contributed by atoms with Crippen molar-refractivity contribution >= 4 is 0 Å². The maximum atomic E-state index is 14.7. The Balaban J connectivity index is 1.98. The fourth-order valence-electron chi connectivity index (χ4n) is 3.51. The van der Waals surface area contributed by atoms with E-state index in [9.17, 15) is 8.78 Å². The molecule has 0 saturated carbocycles. The van der Waals surface area contributed by atoms with Crippen LogP contribution in [0.2, 0.25) is 0 Å². The zero-order valence-corrected chi connectivity index (χ0v) is 19.0. The third-order valence-corrected chi connectivity index (χ3v) is 5.45. The molecule has 1 atom stereocenters. The van der Waals surface area contributed by atoms with Crippen LogP contribution < -0.4 is 4.74 Å². The summed E-state index contributed by atoms with van der Waals surface area (Å²) in [5.41, 5.74) is 1.05. The van der Waals surface area contributed by atoms with E-state index in [0.29, 0.717) is 0 Å². The van der Waals surface area contributed by atoms with Crippen molar-refractivity contribution in [1.29, 1.82) is 0 Å². The van der Waals surface area contributed by atoms with Crippen LogP contribution in [0.15, 0.2) is 37.2 Å². The molecule has 0 bridgehead atoms. The van der Waals surface area contributed by atoms with Gasteiger partial charge in [0.1, 0.15) is 6.10 Å². The molecule has 170 valence electrons. The van der Waals surface area contributed by atoms with E-state index in [1.54, 1.807) is 18.5 Å². The van der Waals surface area contributed by atoms with Crippen LogP contribution in [0.4, 0.5) is 8.78 Å². The summed E-state index contributed by atoms with van der Waals surface area (Å²) in [4.78, 5) is 8.52. The van der Waals surface area contributed by atoms with Gasteiger partial charge in [-0.05, 0) is 43.4 Å². The second kappa shape index (κ2) is 13.9. The fourth-order valence-corrected chi connectivity index (χ4v) is 3.51. The highest BCUT2D eigenvalue weighted by Gasteiger charge is 2.19. The van der Waals surface area contributed by atoms with Crippen LogP contribution in [0.25, 0.3) is 11.4 Å². The lowest BCUT2D eigenvalue weighted by atomic mass is 10.1. The first-order chi connectivity index (χ1) is 15.1. The Morgan fingerprint density at radius 2 is 1.55 bits per heavy atom. The minimum absolute atomic E-state index is 0.0390. The number of nitrogens with zero attached hydrogens (tertiary/aromatic N) is 2. The second-order valence-corrected chi connectivity index (χ2v) is 8.06. The Labute approximate surface area is 186 Å². The van der Waals surface area contributed by atoms with Gasteiger partial charge in [-0.15, -0.1) is 0 Å². The Kier molecular flexibility index (Phi) is 11.2. The molecule has 31 heavy (non-hydrogen) atoms. The zero-order valence-electron chi connectivity index (χ0n) is 19.0. The number of hydrogen-bond acceptors (Lipinski definition) is 3. The van der Waals surface area contributed by atoms with Gasteiger partial charge in [0, 0.05) is 12.4 Å². The number of benzene rings is 1. The Morgan fingerprint density at radius 3 is 2.23 bits per heavy atom. The summed E-state index contributed by atoms with van der Waals surface area (Å²) in [6.07, 6.45) is 16.8. The van der Waals surface area contributed by atoms with Gasteiger partial charge in [-0.25, -0.2) is 14.4 Å². The van der Waals surface area contributed by atoms with Gasteiger partial charge in [0.2, 0.25) is 5.82 Å². The van der Waals surface area contributed by atoms with Crippen molar-refractivity contribution in [3.8, 4) is 17.1 Å². The first-order valence-electron chi connectivity index (χ1n) is 11.7. The van der Waals surface area contributed by atoms with Gasteiger partial charge < -0.3 is 4.74 Å². The second-order valence-electron chi connectivity index (χ2n) is 8.06. The Morgan fingerprint density at radius 1 is 0.903 bits per heavy atom. The first-order valence-corrected chi connectivity index (χ1v) is 11.7. The summed E-state index contributed by atoms with van der Waals surface area (Å²) in [6, 6.07) is 2.92. The molecule has 0 radical (unpaired) electrons. The molecule has 1 aromatic heterocycles. The van der Waals surface area contributed by atoms with Crippen molar-refractivity contribution in [1.82, 2.24) is 9.97 Å². The van der Waals surface area contributed by atoms with Gasteiger partial charge in [-0.2, -0.15) is 4.39 Å². The van der Waals surface area contributed by atoms with Crippen LogP contribution in [-0.4, -0.2) is 16.1 Å². The third-order valence-electron chi connectivity index (χ3n) is 5.45. The number of ether oxygens (including phenoxy) is 1. The van der Waals surface area contributed by atoms with Crippen molar-refractivity contribution in [2.45, 2.75) is 90.6 Å². The smallest absolute Gasteiger partial charge is 0.201 e. The fraction of sp³-hybridized carbons (Fsp3) is 0.538. The van der Waals surface area contributed by atoms with Crippen molar-refractivity contribution in [2.24, 2.45) is 0 Å². The molecule has 0 saturated heterocycles. The molecule has 3 nitrogen and oxygen atoms in total. The van der Waals surface area contributed by atoms with Gasteiger partial charge in [0.15, 0.2) is 17.4 Å². The maximum Gasteiger partial charge on any atom is 0.201 e. The first kappa shape index (κ1) is 25.0. The molecule has 0 spiro atoms. The van der Waals surface area contributed by atoms with Crippen molar-refractivity contribution < 1.29 is 13.5 Å². The molecule has 2 rings (SSSR count). The van der Waals surface area contributed by atoms with Crippen molar-refractivity contribution in [3.63, 3.8) is 0 Å². The molecule has 0 aliphatic carbocycles. The van der Waals surface area contributed by atoms with Gasteiger partial charge >= 0.3 is 0 Å². The minimum Gasteiger partial charge on any atom is -0.483 e. The van der Waals surface area contributed by atoms with E-state index in [-0.39, 0.29) is 23.2 Å². The Hall–Kier alpha value is -2.30. The van der Waals surface area contributed by atoms with Crippen LogP contribution in [0.1, 0.15) is 83.6 Å². The lowest BCUT2D eigenvalue weighted by Crippen LogP contribution is -2.14. The number of aromatic nitrogens is 2. The van der Waals surface area contributed by atoms with E-state index < -0.39 is 11.6 Å². The number of halogens is 2. The molecule has 0 aliphatic rings. The number of hydrogen-bond donors (Lipinski definition) is 0.